The molecule has 1 fully saturated rings. The zero-order chi connectivity index (χ0) is 8.97. The molecule has 0 spiro atoms. The standard InChI is InChI=1S/C8H16F2N2/c1-11-7-2-4-12(6-7)5-3-8(9)10/h7-8,11H,2-6H2,1H3. The zero-order valence-corrected chi connectivity index (χ0v) is 7.39. The van der Waals surface area contributed by atoms with Gasteiger partial charge in [-0.05, 0) is 20.0 Å². The van der Waals surface area contributed by atoms with Crippen LogP contribution in [-0.4, -0.2) is 44.0 Å². The molecule has 0 radical (unpaired) electrons. The molecule has 2 nitrogen and oxygen atoms in total. The summed E-state index contributed by atoms with van der Waals surface area (Å²) in [6, 6.07) is 0.502. The lowest BCUT2D eigenvalue weighted by Gasteiger charge is -2.14. The van der Waals surface area contributed by atoms with Gasteiger partial charge in [0.15, 0.2) is 0 Å². The molecule has 0 saturated carbocycles. The third-order valence-corrected chi connectivity index (χ3v) is 2.34. The summed E-state index contributed by atoms with van der Waals surface area (Å²) >= 11 is 0. The van der Waals surface area contributed by atoms with E-state index in [9.17, 15) is 8.78 Å². The van der Waals surface area contributed by atoms with Crippen LogP contribution in [0, 0.1) is 0 Å². The van der Waals surface area contributed by atoms with Gasteiger partial charge in [0.25, 0.3) is 0 Å². The van der Waals surface area contributed by atoms with Gasteiger partial charge in [-0.2, -0.15) is 0 Å². The van der Waals surface area contributed by atoms with Crippen LogP contribution in [0.3, 0.4) is 0 Å². The van der Waals surface area contributed by atoms with Crippen LogP contribution in [0.1, 0.15) is 12.8 Å². The Balaban J connectivity index is 2.11. The lowest BCUT2D eigenvalue weighted by Crippen LogP contribution is -2.30. The van der Waals surface area contributed by atoms with Crippen molar-refractivity contribution < 1.29 is 8.78 Å². The molecule has 1 unspecified atom stereocenters. The van der Waals surface area contributed by atoms with E-state index >= 15 is 0 Å². The van der Waals surface area contributed by atoms with E-state index in [4.69, 9.17) is 0 Å². The van der Waals surface area contributed by atoms with E-state index in [1.54, 1.807) is 0 Å². The van der Waals surface area contributed by atoms with Gasteiger partial charge in [0.05, 0.1) is 0 Å². The molecule has 0 aliphatic carbocycles. The topological polar surface area (TPSA) is 15.3 Å². The molecule has 4 heteroatoms. The van der Waals surface area contributed by atoms with Gasteiger partial charge in [0, 0.05) is 25.6 Å². The highest BCUT2D eigenvalue weighted by atomic mass is 19.3. The predicted molar refractivity (Wildman–Crippen MR) is 44.5 cm³/mol. The van der Waals surface area contributed by atoms with Crippen molar-refractivity contribution in [3.05, 3.63) is 0 Å². The Morgan fingerprint density at radius 3 is 2.83 bits per heavy atom. The van der Waals surface area contributed by atoms with Crippen molar-refractivity contribution >= 4 is 0 Å². The first-order chi connectivity index (χ1) is 5.72. The largest absolute Gasteiger partial charge is 0.316 e. The lowest BCUT2D eigenvalue weighted by molar-refractivity contribution is 0.121. The number of hydrogen-bond donors (Lipinski definition) is 1. The van der Waals surface area contributed by atoms with Gasteiger partial charge in [0.2, 0.25) is 6.43 Å². The highest BCUT2D eigenvalue weighted by Crippen LogP contribution is 2.10. The first kappa shape index (κ1) is 9.86. The summed E-state index contributed by atoms with van der Waals surface area (Å²) in [6.45, 7) is 2.41. The highest BCUT2D eigenvalue weighted by Gasteiger charge is 2.20. The van der Waals surface area contributed by atoms with Crippen molar-refractivity contribution in [2.24, 2.45) is 0 Å². The van der Waals surface area contributed by atoms with Crippen LogP contribution in [-0.2, 0) is 0 Å². The molecule has 72 valence electrons. The van der Waals surface area contributed by atoms with Crippen LogP contribution in [0.5, 0.6) is 0 Å². The number of halogens is 2. The van der Waals surface area contributed by atoms with E-state index < -0.39 is 6.43 Å². The number of alkyl halides is 2. The number of likely N-dealkylation sites (N-methyl/N-ethyl adjacent to an activating group) is 1. The Morgan fingerprint density at radius 1 is 1.58 bits per heavy atom. The molecule has 0 bridgehead atoms. The van der Waals surface area contributed by atoms with Crippen molar-refractivity contribution in [2.75, 3.05) is 26.7 Å². The maximum absolute atomic E-state index is 11.8. The van der Waals surface area contributed by atoms with Gasteiger partial charge in [-0.1, -0.05) is 0 Å². The van der Waals surface area contributed by atoms with Crippen molar-refractivity contribution in [1.82, 2.24) is 10.2 Å². The molecule has 12 heavy (non-hydrogen) atoms. The van der Waals surface area contributed by atoms with Crippen LogP contribution >= 0.6 is 0 Å². The van der Waals surface area contributed by atoms with Crippen LogP contribution in [0.4, 0.5) is 8.78 Å². The number of nitrogens with zero attached hydrogens (tertiary/aromatic N) is 1. The average Bonchev–Trinajstić information content (AvgIpc) is 2.48. The van der Waals surface area contributed by atoms with Crippen molar-refractivity contribution in [3.63, 3.8) is 0 Å². The Labute approximate surface area is 71.9 Å². The molecule has 0 aromatic rings. The molecule has 1 atom stereocenters. The van der Waals surface area contributed by atoms with Crippen molar-refractivity contribution in [1.29, 1.82) is 0 Å². The summed E-state index contributed by atoms with van der Waals surface area (Å²) in [7, 11) is 1.92. The normalized spacial score (nSPS) is 25.5. The molecule has 1 saturated heterocycles. The van der Waals surface area contributed by atoms with E-state index in [2.05, 4.69) is 10.2 Å². The maximum atomic E-state index is 11.8. The molecule has 0 amide bonds. The molecular formula is C8H16F2N2. The molecule has 1 aliphatic rings. The third-order valence-electron chi connectivity index (χ3n) is 2.34. The van der Waals surface area contributed by atoms with E-state index in [1.165, 1.54) is 0 Å². The van der Waals surface area contributed by atoms with Gasteiger partial charge in [-0.25, -0.2) is 8.78 Å². The quantitative estimate of drug-likeness (QED) is 0.689. The van der Waals surface area contributed by atoms with Gasteiger partial charge < -0.3 is 10.2 Å². The fourth-order valence-electron chi connectivity index (χ4n) is 1.55. The lowest BCUT2D eigenvalue weighted by atomic mass is 10.3. The summed E-state index contributed by atoms with van der Waals surface area (Å²) < 4.78 is 23.6. The Kier molecular flexibility index (Phi) is 3.88. The third kappa shape index (κ3) is 3.03. The Morgan fingerprint density at radius 2 is 2.33 bits per heavy atom. The number of hydrogen-bond acceptors (Lipinski definition) is 2. The number of rotatable bonds is 4. The smallest absolute Gasteiger partial charge is 0.239 e. The molecule has 0 aromatic heterocycles. The summed E-state index contributed by atoms with van der Waals surface area (Å²) in [5.41, 5.74) is 0. The fourth-order valence-corrected chi connectivity index (χ4v) is 1.55. The predicted octanol–water partition coefficient (Wildman–Crippen LogP) is 0.935. The number of nitrogens with one attached hydrogen (secondary N) is 1. The fraction of sp³-hybridized carbons (Fsp3) is 1.00. The molecule has 1 heterocycles. The van der Waals surface area contributed by atoms with Crippen LogP contribution < -0.4 is 5.32 Å². The first-order valence-corrected chi connectivity index (χ1v) is 4.40. The SMILES string of the molecule is CNC1CCN(CCC(F)F)C1. The molecule has 0 aromatic carbocycles. The summed E-state index contributed by atoms with van der Waals surface area (Å²) in [5, 5.41) is 3.15. The van der Waals surface area contributed by atoms with Crippen LogP contribution in [0.25, 0.3) is 0 Å². The van der Waals surface area contributed by atoms with Gasteiger partial charge in [-0.3, -0.25) is 0 Å². The van der Waals surface area contributed by atoms with Gasteiger partial charge in [-0.15, -0.1) is 0 Å². The van der Waals surface area contributed by atoms with Crippen molar-refractivity contribution in [2.45, 2.75) is 25.3 Å². The molecule has 1 rings (SSSR count). The second-order valence-electron chi connectivity index (χ2n) is 3.25. The minimum atomic E-state index is -2.15. The molecule has 1 N–H and O–H groups in total. The van der Waals surface area contributed by atoms with Crippen LogP contribution in [0.2, 0.25) is 0 Å². The van der Waals surface area contributed by atoms with E-state index in [1.807, 2.05) is 7.05 Å². The average molecular weight is 178 g/mol. The minimum absolute atomic E-state index is 0.0104. The second-order valence-corrected chi connectivity index (χ2v) is 3.25. The van der Waals surface area contributed by atoms with Crippen molar-refractivity contribution in [3.8, 4) is 0 Å². The zero-order valence-electron chi connectivity index (χ0n) is 7.39. The Bertz CT molecular complexity index is 130. The number of likely N-dealkylation sites (tertiary alicyclic amines) is 1. The first-order valence-electron chi connectivity index (χ1n) is 4.40. The summed E-state index contributed by atoms with van der Waals surface area (Å²) in [4.78, 5) is 2.09. The van der Waals surface area contributed by atoms with E-state index in [-0.39, 0.29) is 6.42 Å². The van der Waals surface area contributed by atoms with Crippen LogP contribution in [0.15, 0.2) is 0 Å². The minimum Gasteiger partial charge on any atom is -0.316 e. The summed E-state index contributed by atoms with van der Waals surface area (Å²) in [6.07, 6.45) is -1.06. The van der Waals surface area contributed by atoms with Gasteiger partial charge in [0.1, 0.15) is 0 Å². The second kappa shape index (κ2) is 4.72. The maximum Gasteiger partial charge on any atom is 0.239 e. The molecule has 1 aliphatic heterocycles. The van der Waals surface area contributed by atoms with E-state index in [0.29, 0.717) is 12.6 Å². The summed E-state index contributed by atoms with van der Waals surface area (Å²) in [5.74, 6) is 0. The van der Waals surface area contributed by atoms with E-state index in [0.717, 1.165) is 19.5 Å². The van der Waals surface area contributed by atoms with Gasteiger partial charge >= 0.3 is 0 Å². The molecular weight excluding hydrogens is 162 g/mol. The highest BCUT2D eigenvalue weighted by molar-refractivity contribution is 4.79. The monoisotopic (exact) mass is 178 g/mol. The Hall–Kier alpha value is -0.220.